The van der Waals surface area contributed by atoms with E-state index in [1.807, 2.05) is 24.3 Å². The summed E-state index contributed by atoms with van der Waals surface area (Å²) in [6.45, 7) is 1.09. The van der Waals surface area contributed by atoms with E-state index in [1.165, 1.54) is 19.2 Å². The molecule has 0 aromatic heterocycles. The van der Waals surface area contributed by atoms with E-state index in [2.05, 4.69) is 4.74 Å². The van der Waals surface area contributed by atoms with Crippen molar-refractivity contribution < 1.29 is 14.3 Å². The van der Waals surface area contributed by atoms with Crippen LogP contribution in [-0.2, 0) is 17.8 Å². The minimum absolute atomic E-state index is 0.0668. The van der Waals surface area contributed by atoms with Crippen molar-refractivity contribution in [2.75, 3.05) is 7.11 Å². The Balaban J connectivity index is 1.89. The summed E-state index contributed by atoms with van der Waals surface area (Å²) < 4.78 is 4.64. The predicted molar refractivity (Wildman–Crippen MR) is 87.8 cm³/mol. The fraction of sp³-hybridized carbons (Fsp3) is 0.176. The van der Waals surface area contributed by atoms with Crippen LogP contribution in [0.15, 0.2) is 36.4 Å². The summed E-state index contributed by atoms with van der Waals surface area (Å²) in [5.74, 6) is -0.811. The topological polar surface area (TPSA) is 46.6 Å². The molecule has 0 saturated heterocycles. The number of nitrogens with zero attached hydrogens (tertiary/aromatic N) is 1. The highest BCUT2D eigenvalue weighted by Gasteiger charge is 2.26. The molecule has 0 unspecified atom stereocenters. The number of carbonyl (C=O) groups is 2. The number of benzene rings is 2. The number of methoxy groups -OCH3 is 1. The fourth-order valence-corrected chi connectivity index (χ4v) is 3.29. The molecule has 2 aromatic carbocycles. The molecule has 118 valence electrons. The second kappa shape index (κ2) is 6.22. The number of ether oxygens (including phenoxy) is 1. The van der Waals surface area contributed by atoms with Crippen LogP contribution in [0.3, 0.4) is 0 Å². The lowest BCUT2D eigenvalue weighted by Gasteiger charge is -2.16. The maximum Gasteiger partial charge on any atom is 0.340 e. The molecule has 1 amide bonds. The smallest absolute Gasteiger partial charge is 0.340 e. The van der Waals surface area contributed by atoms with E-state index in [0.717, 1.165) is 11.1 Å². The van der Waals surface area contributed by atoms with E-state index < -0.39 is 5.97 Å². The third-order valence-corrected chi connectivity index (χ3v) is 4.40. The van der Waals surface area contributed by atoms with E-state index in [0.29, 0.717) is 18.7 Å². The Hall–Kier alpha value is -2.04. The summed E-state index contributed by atoms with van der Waals surface area (Å²) in [4.78, 5) is 26.0. The van der Waals surface area contributed by atoms with Crippen molar-refractivity contribution in [1.29, 1.82) is 0 Å². The summed E-state index contributed by atoms with van der Waals surface area (Å²) in [6, 6.07) is 10.8. The number of hydrogen-bond acceptors (Lipinski definition) is 3. The minimum Gasteiger partial charge on any atom is -0.465 e. The molecule has 1 heterocycles. The quantitative estimate of drug-likeness (QED) is 0.771. The maximum absolute atomic E-state index is 12.7. The Morgan fingerprint density at radius 3 is 2.04 bits per heavy atom. The van der Waals surface area contributed by atoms with Crippen LogP contribution >= 0.6 is 23.2 Å². The molecule has 0 fully saturated rings. The molecule has 0 N–H and O–H groups in total. The highest BCUT2D eigenvalue weighted by molar-refractivity contribution is 6.39. The van der Waals surface area contributed by atoms with E-state index in [1.54, 1.807) is 4.90 Å². The lowest BCUT2D eigenvalue weighted by atomic mass is 10.1. The van der Waals surface area contributed by atoms with Crippen molar-refractivity contribution >= 4 is 35.1 Å². The first-order valence-corrected chi connectivity index (χ1v) is 7.70. The SMILES string of the molecule is COC(=O)c1c(Cl)cc(C(=O)N2Cc3ccccc3C2)cc1Cl. The summed E-state index contributed by atoms with van der Waals surface area (Å²) in [5, 5.41) is 0.203. The Morgan fingerprint density at radius 1 is 1.04 bits per heavy atom. The van der Waals surface area contributed by atoms with Crippen LogP contribution in [0.4, 0.5) is 0 Å². The van der Waals surface area contributed by atoms with Crippen LogP contribution in [0, 0.1) is 0 Å². The zero-order valence-electron chi connectivity index (χ0n) is 12.3. The summed E-state index contributed by atoms with van der Waals surface area (Å²) in [7, 11) is 1.25. The van der Waals surface area contributed by atoms with Crippen LogP contribution in [-0.4, -0.2) is 23.9 Å². The van der Waals surface area contributed by atoms with Crippen molar-refractivity contribution in [1.82, 2.24) is 4.90 Å². The van der Waals surface area contributed by atoms with Crippen LogP contribution in [0.1, 0.15) is 31.8 Å². The monoisotopic (exact) mass is 349 g/mol. The second-order valence-corrected chi connectivity index (χ2v) is 6.05. The molecule has 1 aliphatic heterocycles. The molecule has 0 atom stereocenters. The van der Waals surface area contributed by atoms with Crippen LogP contribution in [0.2, 0.25) is 10.0 Å². The minimum atomic E-state index is -0.632. The van der Waals surface area contributed by atoms with Crippen molar-refractivity contribution in [3.05, 3.63) is 68.7 Å². The highest BCUT2D eigenvalue weighted by Crippen LogP contribution is 2.30. The largest absolute Gasteiger partial charge is 0.465 e. The van der Waals surface area contributed by atoms with Crippen molar-refractivity contribution in [2.24, 2.45) is 0 Å². The van der Waals surface area contributed by atoms with Gasteiger partial charge in [0.15, 0.2) is 0 Å². The first kappa shape index (κ1) is 15.8. The first-order chi connectivity index (χ1) is 11.0. The van der Waals surface area contributed by atoms with Gasteiger partial charge in [0.2, 0.25) is 0 Å². The first-order valence-electron chi connectivity index (χ1n) is 6.94. The fourth-order valence-electron chi connectivity index (χ4n) is 2.65. The molecule has 0 radical (unpaired) electrons. The Morgan fingerprint density at radius 2 is 1.57 bits per heavy atom. The van der Waals surface area contributed by atoms with Gasteiger partial charge in [0.25, 0.3) is 5.91 Å². The maximum atomic E-state index is 12.7. The number of rotatable bonds is 2. The molecule has 0 aliphatic carbocycles. The third-order valence-electron chi connectivity index (χ3n) is 3.81. The molecular formula is C17H13Cl2NO3. The van der Waals surface area contributed by atoms with Gasteiger partial charge in [0.1, 0.15) is 0 Å². The van der Waals surface area contributed by atoms with Gasteiger partial charge in [-0.1, -0.05) is 47.5 Å². The number of hydrogen-bond donors (Lipinski definition) is 0. The van der Waals surface area contributed by atoms with E-state index in [4.69, 9.17) is 23.2 Å². The molecule has 3 rings (SSSR count). The summed E-state index contributed by atoms with van der Waals surface area (Å²) in [5.41, 5.74) is 2.67. The van der Waals surface area contributed by atoms with Gasteiger partial charge in [-0.15, -0.1) is 0 Å². The van der Waals surface area contributed by atoms with E-state index >= 15 is 0 Å². The van der Waals surface area contributed by atoms with Gasteiger partial charge < -0.3 is 9.64 Å². The average molecular weight is 350 g/mol. The Kier molecular flexibility index (Phi) is 4.28. The van der Waals surface area contributed by atoms with Gasteiger partial charge in [-0.3, -0.25) is 4.79 Å². The van der Waals surface area contributed by atoms with Gasteiger partial charge in [-0.2, -0.15) is 0 Å². The molecule has 6 heteroatoms. The number of fused-ring (bicyclic) bond motifs is 1. The molecular weight excluding hydrogens is 337 g/mol. The van der Waals surface area contributed by atoms with Crippen molar-refractivity contribution in [3.63, 3.8) is 0 Å². The predicted octanol–water partition coefficient (Wildman–Crippen LogP) is 3.94. The zero-order valence-corrected chi connectivity index (χ0v) is 13.8. The van der Waals surface area contributed by atoms with Gasteiger partial charge in [-0.25, -0.2) is 4.79 Å². The van der Waals surface area contributed by atoms with Gasteiger partial charge in [0.05, 0.1) is 22.7 Å². The van der Waals surface area contributed by atoms with Crippen molar-refractivity contribution in [3.8, 4) is 0 Å². The van der Waals surface area contributed by atoms with E-state index in [9.17, 15) is 9.59 Å². The molecule has 2 aromatic rings. The molecule has 23 heavy (non-hydrogen) atoms. The van der Waals surface area contributed by atoms with E-state index in [-0.39, 0.29) is 21.5 Å². The molecule has 0 bridgehead atoms. The number of amides is 1. The number of halogens is 2. The average Bonchev–Trinajstić information content (AvgIpc) is 2.97. The Bertz CT molecular complexity index is 756. The number of esters is 1. The van der Waals surface area contributed by atoms with Crippen LogP contribution < -0.4 is 0 Å². The Labute approximate surface area is 143 Å². The number of carbonyl (C=O) groups excluding carboxylic acids is 2. The second-order valence-electron chi connectivity index (χ2n) is 5.24. The highest BCUT2D eigenvalue weighted by atomic mass is 35.5. The third kappa shape index (κ3) is 2.92. The lowest BCUT2D eigenvalue weighted by molar-refractivity contribution is 0.0600. The molecule has 4 nitrogen and oxygen atoms in total. The van der Waals surface area contributed by atoms with Crippen molar-refractivity contribution in [2.45, 2.75) is 13.1 Å². The van der Waals surface area contributed by atoms with Crippen LogP contribution in [0.25, 0.3) is 0 Å². The normalized spacial score (nSPS) is 12.9. The van der Waals surface area contributed by atoms with Gasteiger partial charge >= 0.3 is 5.97 Å². The van der Waals surface area contributed by atoms with Crippen LogP contribution in [0.5, 0.6) is 0 Å². The lowest BCUT2D eigenvalue weighted by Crippen LogP contribution is -2.25. The van der Waals surface area contributed by atoms with Gasteiger partial charge in [-0.05, 0) is 23.3 Å². The summed E-state index contributed by atoms with van der Waals surface area (Å²) >= 11 is 12.2. The summed E-state index contributed by atoms with van der Waals surface area (Å²) in [6.07, 6.45) is 0. The molecule has 0 saturated carbocycles. The standard InChI is InChI=1S/C17H13Cl2NO3/c1-23-17(22)15-13(18)6-12(7-14(15)19)16(21)20-8-10-4-2-3-5-11(10)9-20/h2-7H,8-9H2,1H3. The van der Waals surface area contributed by atoms with Gasteiger partial charge in [0, 0.05) is 18.7 Å². The zero-order chi connectivity index (χ0) is 16.6. The molecule has 1 aliphatic rings. The molecule has 0 spiro atoms.